The van der Waals surface area contributed by atoms with E-state index in [0.717, 1.165) is 18.5 Å². The average Bonchev–Trinajstić information content (AvgIpc) is 2.85. The molecule has 1 aromatic carbocycles. The molecule has 0 saturated carbocycles. The van der Waals surface area contributed by atoms with Crippen LogP contribution in [0.3, 0.4) is 0 Å². The molecule has 1 aliphatic rings. The maximum atomic E-state index is 12.5. The smallest absolute Gasteiger partial charge is 0.337 e. The van der Waals surface area contributed by atoms with E-state index in [-0.39, 0.29) is 12.5 Å². The number of benzene rings is 1. The summed E-state index contributed by atoms with van der Waals surface area (Å²) in [6, 6.07) is 9.31. The molecule has 1 N–H and O–H groups in total. The molecule has 0 radical (unpaired) electrons. The van der Waals surface area contributed by atoms with E-state index in [1.165, 1.54) is 7.11 Å². The van der Waals surface area contributed by atoms with Gasteiger partial charge >= 0.3 is 5.97 Å². The van der Waals surface area contributed by atoms with Gasteiger partial charge in [0.2, 0.25) is 0 Å². The fourth-order valence-corrected chi connectivity index (χ4v) is 2.25. The van der Waals surface area contributed by atoms with E-state index in [4.69, 9.17) is 4.74 Å². The van der Waals surface area contributed by atoms with Crippen LogP contribution in [0.5, 0.6) is 0 Å². The van der Waals surface area contributed by atoms with Crippen LogP contribution in [0.25, 0.3) is 0 Å². The summed E-state index contributed by atoms with van der Waals surface area (Å²) in [4.78, 5) is 26.0. The molecular formula is C16H20N2O3. The molecule has 5 nitrogen and oxygen atoms in total. The van der Waals surface area contributed by atoms with Gasteiger partial charge in [0.25, 0.3) is 5.91 Å². The van der Waals surface area contributed by atoms with Gasteiger partial charge in [-0.05, 0) is 18.6 Å². The number of nitrogens with one attached hydrogen (secondary N) is 1. The number of amides is 1. The van der Waals surface area contributed by atoms with Crippen LogP contribution in [0.1, 0.15) is 19.8 Å². The maximum Gasteiger partial charge on any atom is 0.337 e. The lowest BCUT2D eigenvalue weighted by Gasteiger charge is -2.16. The van der Waals surface area contributed by atoms with Crippen LogP contribution >= 0.6 is 0 Å². The van der Waals surface area contributed by atoms with Crippen molar-refractivity contribution in [2.45, 2.75) is 19.8 Å². The second-order valence-corrected chi connectivity index (χ2v) is 4.85. The second kappa shape index (κ2) is 6.92. The van der Waals surface area contributed by atoms with Crippen molar-refractivity contribution in [2.24, 2.45) is 0 Å². The zero-order valence-corrected chi connectivity index (χ0v) is 12.4. The number of anilines is 1. The first-order valence-corrected chi connectivity index (χ1v) is 7.11. The minimum Gasteiger partial charge on any atom is -0.466 e. The van der Waals surface area contributed by atoms with Gasteiger partial charge in [0.15, 0.2) is 0 Å². The standard InChI is InChI=1S/C16H20N2O3/c1-3-4-10-17-14-13(16(20)21-2)11-18(15(14)19)12-8-6-5-7-9-12/h5-9,17H,3-4,10-11H2,1-2H3. The minimum atomic E-state index is -0.458. The summed E-state index contributed by atoms with van der Waals surface area (Å²) in [5, 5.41) is 3.08. The number of para-hydroxylation sites is 1. The summed E-state index contributed by atoms with van der Waals surface area (Å²) in [6.45, 7) is 2.98. The number of nitrogens with zero attached hydrogens (tertiary/aromatic N) is 1. The Morgan fingerprint density at radius 3 is 2.67 bits per heavy atom. The zero-order valence-electron chi connectivity index (χ0n) is 12.4. The second-order valence-electron chi connectivity index (χ2n) is 4.85. The predicted octanol–water partition coefficient (Wildman–Crippen LogP) is 1.85. The van der Waals surface area contributed by atoms with E-state index in [9.17, 15) is 9.59 Å². The van der Waals surface area contributed by atoms with Crippen molar-refractivity contribution in [2.75, 3.05) is 25.1 Å². The van der Waals surface area contributed by atoms with Crippen molar-refractivity contribution in [3.8, 4) is 0 Å². The number of hydrogen-bond donors (Lipinski definition) is 1. The maximum absolute atomic E-state index is 12.5. The number of methoxy groups -OCH3 is 1. The molecule has 0 aromatic heterocycles. The first-order chi connectivity index (χ1) is 10.2. The molecule has 0 fully saturated rings. The molecule has 1 amide bonds. The van der Waals surface area contributed by atoms with Gasteiger partial charge in [-0.25, -0.2) is 4.79 Å². The third-order valence-corrected chi connectivity index (χ3v) is 3.41. The Morgan fingerprint density at radius 1 is 1.33 bits per heavy atom. The van der Waals surface area contributed by atoms with Crippen molar-refractivity contribution in [3.63, 3.8) is 0 Å². The Balaban J connectivity index is 2.23. The molecule has 21 heavy (non-hydrogen) atoms. The lowest BCUT2D eigenvalue weighted by Crippen LogP contribution is -2.30. The summed E-state index contributed by atoms with van der Waals surface area (Å²) < 4.78 is 4.79. The van der Waals surface area contributed by atoms with Gasteiger partial charge in [0.05, 0.1) is 19.2 Å². The molecule has 0 spiro atoms. The molecule has 112 valence electrons. The van der Waals surface area contributed by atoms with Crippen LogP contribution in [0.4, 0.5) is 5.69 Å². The van der Waals surface area contributed by atoms with Crippen LogP contribution in [-0.4, -0.2) is 32.1 Å². The highest BCUT2D eigenvalue weighted by atomic mass is 16.5. The fourth-order valence-electron chi connectivity index (χ4n) is 2.25. The molecule has 1 aliphatic heterocycles. The third-order valence-electron chi connectivity index (χ3n) is 3.41. The van der Waals surface area contributed by atoms with E-state index >= 15 is 0 Å². The van der Waals surface area contributed by atoms with Gasteiger partial charge in [0.1, 0.15) is 5.70 Å². The average molecular weight is 288 g/mol. The monoisotopic (exact) mass is 288 g/mol. The summed E-state index contributed by atoms with van der Waals surface area (Å²) in [6.07, 6.45) is 1.96. The first-order valence-electron chi connectivity index (χ1n) is 7.11. The van der Waals surface area contributed by atoms with Gasteiger partial charge in [-0.1, -0.05) is 31.5 Å². The van der Waals surface area contributed by atoms with Gasteiger partial charge < -0.3 is 15.0 Å². The van der Waals surface area contributed by atoms with Crippen LogP contribution < -0.4 is 10.2 Å². The molecule has 0 atom stereocenters. The fraction of sp³-hybridized carbons (Fsp3) is 0.375. The van der Waals surface area contributed by atoms with Crippen LogP contribution in [0.15, 0.2) is 41.6 Å². The Morgan fingerprint density at radius 2 is 2.05 bits per heavy atom. The van der Waals surface area contributed by atoms with Crippen molar-refractivity contribution in [1.29, 1.82) is 0 Å². The van der Waals surface area contributed by atoms with Crippen LogP contribution in [0, 0.1) is 0 Å². The number of carbonyl (C=O) groups excluding carboxylic acids is 2. The van der Waals surface area contributed by atoms with Crippen molar-refractivity contribution in [1.82, 2.24) is 5.32 Å². The van der Waals surface area contributed by atoms with E-state index in [1.54, 1.807) is 4.90 Å². The van der Waals surface area contributed by atoms with Crippen molar-refractivity contribution >= 4 is 17.6 Å². The number of unbranched alkanes of at least 4 members (excludes halogenated alkanes) is 1. The minimum absolute atomic E-state index is 0.183. The van der Waals surface area contributed by atoms with Crippen LogP contribution in [-0.2, 0) is 14.3 Å². The molecular weight excluding hydrogens is 268 g/mol. The summed E-state index contributed by atoms with van der Waals surface area (Å²) >= 11 is 0. The zero-order chi connectivity index (χ0) is 15.2. The van der Waals surface area contributed by atoms with Crippen molar-refractivity contribution < 1.29 is 14.3 Å². The Labute approximate surface area is 124 Å². The predicted molar refractivity (Wildman–Crippen MR) is 80.7 cm³/mol. The highest BCUT2D eigenvalue weighted by molar-refractivity contribution is 6.14. The highest BCUT2D eigenvalue weighted by Gasteiger charge is 2.35. The molecule has 1 aromatic rings. The van der Waals surface area contributed by atoms with Gasteiger partial charge in [0, 0.05) is 12.2 Å². The highest BCUT2D eigenvalue weighted by Crippen LogP contribution is 2.25. The van der Waals surface area contributed by atoms with Crippen molar-refractivity contribution in [3.05, 3.63) is 41.6 Å². The third kappa shape index (κ3) is 3.24. The summed E-state index contributed by atoms with van der Waals surface area (Å²) in [5.74, 6) is -0.640. The first kappa shape index (κ1) is 15.1. The molecule has 0 unspecified atom stereocenters. The Kier molecular flexibility index (Phi) is 4.98. The molecule has 1 heterocycles. The van der Waals surface area contributed by atoms with Gasteiger partial charge in [-0.3, -0.25) is 4.79 Å². The molecule has 2 rings (SSSR count). The van der Waals surface area contributed by atoms with Gasteiger partial charge in [-0.15, -0.1) is 0 Å². The lowest BCUT2D eigenvalue weighted by molar-refractivity contribution is -0.136. The SMILES string of the molecule is CCCCNC1=C(C(=O)OC)CN(c2ccccc2)C1=O. The largest absolute Gasteiger partial charge is 0.466 e. The summed E-state index contributed by atoms with van der Waals surface area (Å²) in [7, 11) is 1.33. The van der Waals surface area contributed by atoms with Gasteiger partial charge in [-0.2, -0.15) is 0 Å². The Hall–Kier alpha value is -2.30. The molecule has 0 bridgehead atoms. The Bertz CT molecular complexity index is 552. The molecule has 5 heteroatoms. The summed E-state index contributed by atoms with van der Waals surface area (Å²) in [5.41, 5.74) is 1.53. The number of esters is 1. The number of ether oxygens (including phenoxy) is 1. The molecule has 0 saturated heterocycles. The number of hydrogen-bond acceptors (Lipinski definition) is 4. The van der Waals surface area contributed by atoms with E-state index in [1.807, 2.05) is 30.3 Å². The lowest BCUT2D eigenvalue weighted by atomic mass is 10.2. The molecule has 0 aliphatic carbocycles. The quantitative estimate of drug-likeness (QED) is 0.641. The topological polar surface area (TPSA) is 58.6 Å². The van der Waals surface area contributed by atoms with E-state index in [0.29, 0.717) is 17.8 Å². The number of rotatable bonds is 6. The number of carbonyl (C=O) groups is 2. The van der Waals surface area contributed by atoms with Crippen LogP contribution in [0.2, 0.25) is 0 Å². The van der Waals surface area contributed by atoms with E-state index in [2.05, 4.69) is 12.2 Å². The van der Waals surface area contributed by atoms with E-state index < -0.39 is 5.97 Å². The normalized spacial score (nSPS) is 14.6.